The first-order valence-corrected chi connectivity index (χ1v) is 5.64. The van der Waals surface area contributed by atoms with Gasteiger partial charge < -0.3 is 14.2 Å². The fourth-order valence-corrected chi connectivity index (χ4v) is 2.51. The van der Waals surface area contributed by atoms with Crippen LogP contribution in [-0.2, 0) is 19.0 Å². The fraction of sp³-hybridized carbons (Fsp3) is 0.909. The van der Waals surface area contributed by atoms with E-state index in [4.69, 9.17) is 14.2 Å². The Morgan fingerprint density at radius 2 is 1.93 bits per heavy atom. The van der Waals surface area contributed by atoms with Gasteiger partial charge in [-0.2, -0.15) is 0 Å². The van der Waals surface area contributed by atoms with E-state index in [2.05, 4.69) is 0 Å². The summed E-state index contributed by atoms with van der Waals surface area (Å²) in [6.45, 7) is 1.49. The average Bonchev–Trinajstić information content (AvgIpc) is 2.78. The van der Waals surface area contributed by atoms with Crippen LogP contribution in [0.25, 0.3) is 0 Å². The van der Waals surface area contributed by atoms with Crippen molar-refractivity contribution in [2.75, 3.05) is 20.3 Å². The van der Waals surface area contributed by atoms with Crippen LogP contribution in [0.2, 0.25) is 0 Å². The molecule has 1 aliphatic heterocycles. The molecule has 2 fully saturated rings. The Hall–Kier alpha value is -0.610. The molecule has 1 aliphatic carbocycles. The average molecular weight is 214 g/mol. The van der Waals surface area contributed by atoms with Crippen molar-refractivity contribution >= 4 is 5.97 Å². The van der Waals surface area contributed by atoms with Crippen molar-refractivity contribution in [1.82, 2.24) is 0 Å². The summed E-state index contributed by atoms with van der Waals surface area (Å²) in [5.41, 5.74) is 0. The van der Waals surface area contributed by atoms with Crippen LogP contribution in [0.1, 0.15) is 25.7 Å². The number of carbonyl (C=O) groups excluding carboxylic acids is 1. The second-order valence-electron chi connectivity index (χ2n) is 4.19. The van der Waals surface area contributed by atoms with Gasteiger partial charge in [0.25, 0.3) is 0 Å². The molecule has 0 aromatic rings. The Morgan fingerprint density at radius 1 is 1.20 bits per heavy atom. The number of ether oxygens (including phenoxy) is 3. The van der Waals surface area contributed by atoms with Gasteiger partial charge in [-0.25, -0.2) is 0 Å². The molecule has 0 N–H and O–H groups in total. The molecule has 0 bridgehead atoms. The Bertz CT molecular complexity index is 223. The first kappa shape index (κ1) is 10.9. The van der Waals surface area contributed by atoms with Gasteiger partial charge in [0.05, 0.1) is 26.2 Å². The molecule has 1 heterocycles. The monoisotopic (exact) mass is 214 g/mol. The van der Waals surface area contributed by atoms with E-state index in [1.807, 2.05) is 0 Å². The highest BCUT2D eigenvalue weighted by molar-refractivity contribution is 5.73. The largest absolute Gasteiger partial charge is 0.469 e. The number of methoxy groups -OCH3 is 1. The summed E-state index contributed by atoms with van der Waals surface area (Å²) in [7, 11) is 1.44. The Morgan fingerprint density at radius 3 is 2.60 bits per heavy atom. The summed E-state index contributed by atoms with van der Waals surface area (Å²) >= 11 is 0. The molecule has 4 nitrogen and oxygen atoms in total. The Balaban J connectivity index is 1.97. The van der Waals surface area contributed by atoms with Gasteiger partial charge in [-0.1, -0.05) is 6.42 Å². The van der Waals surface area contributed by atoms with Crippen LogP contribution in [0.3, 0.4) is 0 Å². The molecule has 15 heavy (non-hydrogen) atoms. The van der Waals surface area contributed by atoms with Crippen molar-refractivity contribution < 1.29 is 19.0 Å². The van der Waals surface area contributed by atoms with Crippen molar-refractivity contribution in [1.29, 1.82) is 0 Å². The second kappa shape index (κ2) is 4.94. The summed E-state index contributed by atoms with van der Waals surface area (Å²) in [6, 6.07) is 0. The van der Waals surface area contributed by atoms with Crippen molar-refractivity contribution in [2.24, 2.45) is 11.8 Å². The molecule has 0 radical (unpaired) electrons. The topological polar surface area (TPSA) is 44.8 Å². The van der Waals surface area contributed by atoms with E-state index in [1.54, 1.807) is 0 Å². The Labute approximate surface area is 89.9 Å². The van der Waals surface area contributed by atoms with E-state index in [9.17, 15) is 4.79 Å². The standard InChI is InChI=1S/C11H18O4/c1-13-10(12)8-4-2-5-9(8)11-14-6-3-7-15-11/h8-9,11H,2-7H2,1H3. The van der Waals surface area contributed by atoms with Crippen LogP contribution in [-0.4, -0.2) is 32.6 Å². The smallest absolute Gasteiger partial charge is 0.309 e. The van der Waals surface area contributed by atoms with E-state index in [1.165, 1.54) is 7.11 Å². The summed E-state index contributed by atoms with van der Waals surface area (Å²) in [4.78, 5) is 11.5. The van der Waals surface area contributed by atoms with Crippen molar-refractivity contribution in [3.63, 3.8) is 0 Å². The van der Waals surface area contributed by atoms with Crippen molar-refractivity contribution in [2.45, 2.75) is 32.0 Å². The maximum absolute atomic E-state index is 11.5. The van der Waals surface area contributed by atoms with Crippen LogP contribution in [0, 0.1) is 11.8 Å². The molecule has 4 heteroatoms. The third-order valence-corrected chi connectivity index (χ3v) is 3.28. The normalized spacial score (nSPS) is 32.9. The zero-order valence-corrected chi connectivity index (χ0v) is 9.11. The highest BCUT2D eigenvalue weighted by Crippen LogP contribution is 2.37. The number of hydrogen-bond acceptors (Lipinski definition) is 4. The molecule has 2 aliphatic rings. The van der Waals surface area contributed by atoms with E-state index in [-0.39, 0.29) is 24.1 Å². The number of hydrogen-bond donors (Lipinski definition) is 0. The first-order chi connectivity index (χ1) is 7.33. The van der Waals surface area contributed by atoms with Gasteiger partial charge in [0.1, 0.15) is 0 Å². The molecule has 1 saturated carbocycles. The number of carbonyl (C=O) groups is 1. The summed E-state index contributed by atoms with van der Waals surface area (Å²) in [5.74, 6) is 0.0473. The van der Waals surface area contributed by atoms with E-state index < -0.39 is 0 Å². The number of esters is 1. The van der Waals surface area contributed by atoms with Crippen LogP contribution < -0.4 is 0 Å². The summed E-state index contributed by atoms with van der Waals surface area (Å²) < 4.78 is 15.9. The lowest BCUT2D eigenvalue weighted by atomic mass is 9.95. The van der Waals surface area contributed by atoms with Crippen LogP contribution in [0.4, 0.5) is 0 Å². The van der Waals surface area contributed by atoms with E-state index in [0.29, 0.717) is 0 Å². The molecule has 0 amide bonds. The lowest BCUT2D eigenvalue weighted by Crippen LogP contribution is -2.36. The van der Waals surface area contributed by atoms with Gasteiger partial charge in [0.2, 0.25) is 0 Å². The second-order valence-corrected chi connectivity index (χ2v) is 4.19. The minimum Gasteiger partial charge on any atom is -0.469 e. The lowest BCUT2D eigenvalue weighted by molar-refractivity contribution is -0.213. The van der Waals surface area contributed by atoms with Gasteiger partial charge in [0, 0.05) is 5.92 Å². The zero-order valence-electron chi connectivity index (χ0n) is 9.11. The SMILES string of the molecule is COC(=O)C1CCCC1C1OCCCO1. The van der Waals surface area contributed by atoms with Gasteiger partial charge in [-0.3, -0.25) is 4.79 Å². The van der Waals surface area contributed by atoms with Gasteiger partial charge >= 0.3 is 5.97 Å². The molecule has 2 unspecified atom stereocenters. The number of rotatable bonds is 2. The molecule has 0 spiro atoms. The summed E-state index contributed by atoms with van der Waals surface area (Å²) in [6.07, 6.45) is 3.73. The predicted molar refractivity (Wildman–Crippen MR) is 53.2 cm³/mol. The van der Waals surface area contributed by atoms with Crippen molar-refractivity contribution in [3.05, 3.63) is 0 Å². The Kier molecular flexibility index (Phi) is 3.59. The maximum Gasteiger partial charge on any atom is 0.309 e. The van der Waals surface area contributed by atoms with E-state index >= 15 is 0 Å². The molecular formula is C11H18O4. The van der Waals surface area contributed by atoms with Crippen molar-refractivity contribution in [3.8, 4) is 0 Å². The zero-order chi connectivity index (χ0) is 10.7. The maximum atomic E-state index is 11.5. The minimum atomic E-state index is -0.189. The lowest BCUT2D eigenvalue weighted by Gasteiger charge is -2.30. The quantitative estimate of drug-likeness (QED) is 0.651. The minimum absolute atomic E-state index is 0.0295. The van der Waals surface area contributed by atoms with Gasteiger partial charge in [0.15, 0.2) is 6.29 Å². The predicted octanol–water partition coefficient (Wildman–Crippen LogP) is 1.34. The molecule has 2 atom stereocenters. The third-order valence-electron chi connectivity index (χ3n) is 3.28. The molecule has 0 aromatic carbocycles. The van der Waals surface area contributed by atoms with Crippen LogP contribution >= 0.6 is 0 Å². The molecule has 1 saturated heterocycles. The van der Waals surface area contributed by atoms with Crippen LogP contribution in [0.15, 0.2) is 0 Å². The molecule has 2 rings (SSSR count). The highest BCUT2D eigenvalue weighted by Gasteiger charge is 2.40. The van der Waals surface area contributed by atoms with Crippen LogP contribution in [0.5, 0.6) is 0 Å². The van der Waals surface area contributed by atoms with Gasteiger partial charge in [-0.15, -0.1) is 0 Å². The highest BCUT2D eigenvalue weighted by atomic mass is 16.7. The third kappa shape index (κ3) is 2.32. The van der Waals surface area contributed by atoms with E-state index in [0.717, 1.165) is 38.9 Å². The first-order valence-electron chi connectivity index (χ1n) is 5.64. The van der Waals surface area contributed by atoms with Gasteiger partial charge in [-0.05, 0) is 19.3 Å². The summed E-state index contributed by atoms with van der Waals surface area (Å²) in [5, 5.41) is 0. The fourth-order valence-electron chi connectivity index (χ4n) is 2.51. The molecule has 0 aromatic heterocycles. The molecule has 86 valence electrons. The molecular weight excluding hydrogens is 196 g/mol.